The summed E-state index contributed by atoms with van der Waals surface area (Å²) < 4.78 is 10.8. The summed E-state index contributed by atoms with van der Waals surface area (Å²) in [6.07, 6.45) is 1.24. The fraction of sp³-hybridized carbons (Fsp3) is 0.267. The van der Waals surface area contributed by atoms with Crippen LogP contribution >= 0.6 is 0 Å². The lowest BCUT2D eigenvalue weighted by Gasteiger charge is -2.24. The summed E-state index contributed by atoms with van der Waals surface area (Å²) in [6.45, 7) is 2.76. The molecule has 1 unspecified atom stereocenters. The van der Waals surface area contributed by atoms with E-state index in [2.05, 4.69) is 10.3 Å². The molecule has 0 bridgehead atoms. The summed E-state index contributed by atoms with van der Waals surface area (Å²) >= 11 is 0. The summed E-state index contributed by atoms with van der Waals surface area (Å²) in [4.78, 5) is 14.2. The number of hydrogen-bond acceptors (Lipinski definition) is 6. The van der Waals surface area contributed by atoms with Crippen molar-refractivity contribution in [2.24, 2.45) is 0 Å². The number of nitrogens with zero attached hydrogens (tertiary/aromatic N) is 2. The normalized spacial score (nSPS) is 14.6. The Labute approximate surface area is 127 Å². The van der Waals surface area contributed by atoms with Crippen LogP contribution in [0, 0.1) is 10.1 Å². The zero-order valence-corrected chi connectivity index (χ0v) is 12.0. The van der Waals surface area contributed by atoms with Crippen molar-refractivity contribution in [1.29, 1.82) is 0 Å². The molecule has 1 atom stereocenters. The summed E-state index contributed by atoms with van der Waals surface area (Å²) in [7, 11) is 0. The number of nitro groups is 1. The van der Waals surface area contributed by atoms with Crippen LogP contribution in [0.1, 0.15) is 24.1 Å². The summed E-state index contributed by atoms with van der Waals surface area (Å²) in [5.74, 6) is 1.41. The standard InChI is InChI=1S/C15H15N3O4/c1-10(17-15-6-5-11(7-16-15)18(19)20)12-3-2-4-14-13(12)8-21-9-22-14/h2-7,10H,8-9H2,1H3,(H,16,17). The second-order valence-corrected chi connectivity index (χ2v) is 4.96. The van der Waals surface area contributed by atoms with Crippen molar-refractivity contribution >= 4 is 11.5 Å². The lowest BCUT2D eigenvalue weighted by atomic mass is 10.0. The van der Waals surface area contributed by atoms with Crippen LogP contribution in [-0.4, -0.2) is 16.7 Å². The highest BCUT2D eigenvalue weighted by atomic mass is 16.7. The van der Waals surface area contributed by atoms with Gasteiger partial charge in [-0.3, -0.25) is 10.1 Å². The molecule has 0 radical (unpaired) electrons. The maximum absolute atomic E-state index is 10.6. The van der Waals surface area contributed by atoms with E-state index in [-0.39, 0.29) is 18.5 Å². The molecule has 0 spiro atoms. The van der Waals surface area contributed by atoms with E-state index in [1.807, 2.05) is 25.1 Å². The Balaban J connectivity index is 1.80. The number of nitrogens with one attached hydrogen (secondary N) is 1. The van der Waals surface area contributed by atoms with Crippen molar-refractivity contribution in [3.63, 3.8) is 0 Å². The van der Waals surface area contributed by atoms with E-state index in [0.717, 1.165) is 16.9 Å². The second-order valence-electron chi connectivity index (χ2n) is 4.96. The second kappa shape index (κ2) is 5.98. The van der Waals surface area contributed by atoms with Gasteiger partial charge in [-0.15, -0.1) is 0 Å². The summed E-state index contributed by atoms with van der Waals surface area (Å²) in [5, 5.41) is 13.9. The predicted octanol–water partition coefficient (Wildman–Crippen LogP) is 3.03. The molecular weight excluding hydrogens is 286 g/mol. The van der Waals surface area contributed by atoms with E-state index in [1.165, 1.54) is 12.3 Å². The van der Waals surface area contributed by atoms with Gasteiger partial charge < -0.3 is 14.8 Å². The molecule has 0 fully saturated rings. The van der Waals surface area contributed by atoms with Gasteiger partial charge in [-0.1, -0.05) is 12.1 Å². The molecule has 114 valence electrons. The van der Waals surface area contributed by atoms with Gasteiger partial charge >= 0.3 is 0 Å². The molecule has 22 heavy (non-hydrogen) atoms. The molecule has 1 aromatic carbocycles. The third kappa shape index (κ3) is 2.84. The fourth-order valence-electron chi connectivity index (χ4n) is 2.41. The lowest BCUT2D eigenvalue weighted by Crippen LogP contribution is -2.16. The van der Waals surface area contributed by atoms with Crippen molar-refractivity contribution < 1.29 is 14.4 Å². The van der Waals surface area contributed by atoms with Gasteiger partial charge in [-0.2, -0.15) is 0 Å². The van der Waals surface area contributed by atoms with Crippen LogP contribution < -0.4 is 10.1 Å². The Morgan fingerprint density at radius 3 is 2.95 bits per heavy atom. The number of anilines is 1. The molecule has 7 heteroatoms. The molecule has 2 heterocycles. The number of benzene rings is 1. The summed E-state index contributed by atoms with van der Waals surface area (Å²) in [6, 6.07) is 8.83. The maximum Gasteiger partial charge on any atom is 0.287 e. The first-order valence-corrected chi connectivity index (χ1v) is 6.84. The zero-order valence-electron chi connectivity index (χ0n) is 12.0. The largest absolute Gasteiger partial charge is 0.467 e. The zero-order chi connectivity index (χ0) is 15.5. The van der Waals surface area contributed by atoms with Gasteiger partial charge in [0.2, 0.25) is 0 Å². The molecular formula is C15H15N3O4. The molecule has 1 aliphatic rings. The highest BCUT2D eigenvalue weighted by Gasteiger charge is 2.18. The van der Waals surface area contributed by atoms with Crippen LogP contribution in [0.5, 0.6) is 5.75 Å². The topological polar surface area (TPSA) is 86.5 Å². The van der Waals surface area contributed by atoms with Crippen molar-refractivity contribution in [2.45, 2.75) is 19.6 Å². The van der Waals surface area contributed by atoms with Gasteiger partial charge in [0.1, 0.15) is 17.8 Å². The SMILES string of the molecule is CC(Nc1ccc([N+](=O)[O-])cn1)c1cccc2c1COCO2. The van der Waals surface area contributed by atoms with Crippen LogP contribution in [0.25, 0.3) is 0 Å². The molecule has 2 aromatic rings. The maximum atomic E-state index is 10.6. The number of pyridine rings is 1. The Kier molecular flexibility index (Phi) is 3.88. The number of ether oxygens (including phenoxy) is 2. The molecule has 1 aliphatic heterocycles. The minimum atomic E-state index is -0.470. The van der Waals surface area contributed by atoms with E-state index in [9.17, 15) is 10.1 Å². The first-order chi connectivity index (χ1) is 10.6. The minimum absolute atomic E-state index is 0.0305. The molecule has 1 aromatic heterocycles. The Morgan fingerprint density at radius 1 is 1.36 bits per heavy atom. The minimum Gasteiger partial charge on any atom is -0.467 e. The number of hydrogen-bond donors (Lipinski definition) is 1. The highest BCUT2D eigenvalue weighted by Crippen LogP contribution is 2.31. The van der Waals surface area contributed by atoms with E-state index in [0.29, 0.717) is 12.4 Å². The van der Waals surface area contributed by atoms with Crippen LogP contribution in [0.15, 0.2) is 36.5 Å². The van der Waals surface area contributed by atoms with E-state index >= 15 is 0 Å². The molecule has 0 saturated carbocycles. The van der Waals surface area contributed by atoms with Crippen molar-refractivity contribution in [2.75, 3.05) is 12.1 Å². The molecule has 0 amide bonds. The Hall–Kier alpha value is -2.67. The Bertz CT molecular complexity index is 688. The van der Waals surface area contributed by atoms with Crippen molar-refractivity contribution in [3.05, 3.63) is 57.8 Å². The molecule has 1 N–H and O–H groups in total. The van der Waals surface area contributed by atoms with Crippen molar-refractivity contribution in [3.8, 4) is 5.75 Å². The van der Waals surface area contributed by atoms with Gasteiger partial charge in [0.25, 0.3) is 5.69 Å². The van der Waals surface area contributed by atoms with E-state index in [1.54, 1.807) is 6.07 Å². The molecule has 7 nitrogen and oxygen atoms in total. The van der Waals surface area contributed by atoms with E-state index in [4.69, 9.17) is 9.47 Å². The average Bonchev–Trinajstić information content (AvgIpc) is 2.54. The van der Waals surface area contributed by atoms with Gasteiger partial charge in [-0.05, 0) is 24.6 Å². The van der Waals surface area contributed by atoms with Gasteiger partial charge in [0.05, 0.1) is 17.6 Å². The lowest BCUT2D eigenvalue weighted by molar-refractivity contribution is -0.385. The van der Waals surface area contributed by atoms with Gasteiger partial charge in [0, 0.05) is 11.6 Å². The number of aromatic nitrogens is 1. The quantitative estimate of drug-likeness (QED) is 0.690. The van der Waals surface area contributed by atoms with Crippen molar-refractivity contribution in [1.82, 2.24) is 4.98 Å². The molecule has 0 saturated heterocycles. The number of fused-ring (bicyclic) bond motifs is 1. The van der Waals surface area contributed by atoms with Crippen LogP contribution in [-0.2, 0) is 11.3 Å². The first-order valence-electron chi connectivity index (χ1n) is 6.84. The smallest absolute Gasteiger partial charge is 0.287 e. The monoisotopic (exact) mass is 301 g/mol. The van der Waals surface area contributed by atoms with Gasteiger partial charge in [0.15, 0.2) is 6.79 Å². The first kappa shape index (κ1) is 14.3. The van der Waals surface area contributed by atoms with Crippen LogP contribution in [0.4, 0.5) is 11.5 Å². The van der Waals surface area contributed by atoms with Crippen LogP contribution in [0.3, 0.4) is 0 Å². The predicted molar refractivity (Wildman–Crippen MR) is 79.7 cm³/mol. The van der Waals surface area contributed by atoms with E-state index < -0.39 is 4.92 Å². The fourth-order valence-corrected chi connectivity index (χ4v) is 2.41. The third-order valence-electron chi connectivity index (χ3n) is 3.50. The molecule has 0 aliphatic carbocycles. The third-order valence-corrected chi connectivity index (χ3v) is 3.50. The average molecular weight is 301 g/mol. The summed E-state index contributed by atoms with van der Waals surface area (Å²) in [5.41, 5.74) is 2.03. The highest BCUT2D eigenvalue weighted by molar-refractivity contribution is 5.47. The number of rotatable bonds is 4. The van der Waals surface area contributed by atoms with Gasteiger partial charge in [-0.25, -0.2) is 4.98 Å². The van der Waals surface area contributed by atoms with Crippen LogP contribution in [0.2, 0.25) is 0 Å². The Morgan fingerprint density at radius 2 is 2.23 bits per heavy atom. The molecule has 3 rings (SSSR count).